The van der Waals surface area contributed by atoms with Crippen molar-refractivity contribution in [2.24, 2.45) is 5.92 Å². The zero-order chi connectivity index (χ0) is 22.6. The number of hydrogen-bond donors (Lipinski definition) is 0. The summed E-state index contributed by atoms with van der Waals surface area (Å²) in [4.78, 5) is 14.0. The molecule has 1 unspecified atom stereocenters. The summed E-state index contributed by atoms with van der Waals surface area (Å²) in [5.41, 5.74) is 1.77. The summed E-state index contributed by atoms with van der Waals surface area (Å²) in [5, 5.41) is 9.19. The molecule has 1 heterocycles. The van der Waals surface area contributed by atoms with E-state index in [0.717, 1.165) is 11.3 Å². The number of nitrogens with zero attached hydrogens (tertiary/aromatic N) is 2. The number of rotatable bonds is 10. The second kappa shape index (κ2) is 11.9. The Balaban J connectivity index is 2.00. The van der Waals surface area contributed by atoms with Gasteiger partial charge in [-0.25, -0.2) is 0 Å². The Labute approximate surface area is 182 Å². The highest BCUT2D eigenvalue weighted by Crippen LogP contribution is 2.34. The zero-order valence-corrected chi connectivity index (χ0v) is 18.1. The van der Waals surface area contributed by atoms with E-state index in [0.29, 0.717) is 17.3 Å². The van der Waals surface area contributed by atoms with Crippen molar-refractivity contribution in [1.82, 2.24) is 0 Å². The molecule has 0 saturated heterocycles. The molecule has 0 saturated carbocycles. The third-order valence-corrected chi connectivity index (χ3v) is 4.27. The average molecular weight is 422 g/mol. The minimum absolute atomic E-state index is 0.00723. The van der Waals surface area contributed by atoms with Crippen molar-refractivity contribution in [3.8, 4) is 17.6 Å². The first kappa shape index (κ1) is 23.4. The highest BCUT2D eigenvalue weighted by Gasteiger charge is 2.16. The maximum atomic E-state index is 12.0. The summed E-state index contributed by atoms with van der Waals surface area (Å²) in [5.74, 6) is 0.264. The number of carbonyl (C=O) groups is 1. The van der Waals surface area contributed by atoms with Crippen molar-refractivity contribution >= 4 is 17.7 Å². The van der Waals surface area contributed by atoms with Gasteiger partial charge in [-0.2, -0.15) is 5.26 Å². The summed E-state index contributed by atoms with van der Waals surface area (Å²) in [6, 6.07) is 9.16. The van der Waals surface area contributed by atoms with Crippen LogP contribution in [0.3, 0.4) is 0 Å². The second-order valence-corrected chi connectivity index (χ2v) is 6.58. The molecule has 7 nitrogen and oxygen atoms in total. The second-order valence-electron chi connectivity index (χ2n) is 6.58. The molecule has 2 rings (SSSR count). The average Bonchev–Trinajstić information content (AvgIpc) is 3.30. The summed E-state index contributed by atoms with van der Waals surface area (Å²) in [6.45, 7) is -0.00723. The molecule has 0 aliphatic heterocycles. The van der Waals surface area contributed by atoms with E-state index in [1.54, 1.807) is 44.6 Å². The molecule has 0 aliphatic carbocycles. The Morgan fingerprint density at radius 3 is 2.39 bits per heavy atom. The van der Waals surface area contributed by atoms with Crippen LogP contribution >= 0.6 is 0 Å². The van der Waals surface area contributed by atoms with Crippen molar-refractivity contribution in [3.63, 3.8) is 0 Å². The number of methoxy groups -OCH3 is 2. The first-order chi connectivity index (χ1) is 15.0. The van der Waals surface area contributed by atoms with Crippen LogP contribution in [0.4, 0.5) is 5.69 Å². The lowest BCUT2D eigenvalue weighted by Gasteiger charge is -2.17. The smallest absolute Gasteiger partial charge is 0.327 e. The fourth-order valence-electron chi connectivity index (χ4n) is 2.60. The lowest BCUT2D eigenvalue weighted by molar-refractivity contribution is -0.146. The van der Waals surface area contributed by atoms with Gasteiger partial charge in [-0.3, -0.25) is 4.79 Å². The summed E-state index contributed by atoms with van der Waals surface area (Å²) in [6.07, 6.45) is 11.8. The molecule has 31 heavy (non-hydrogen) atoms. The number of ether oxygens (including phenoxy) is 3. The molecule has 0 radical (unpaired) electrons. The molecule has 0 spiro atoms. The topological polar surface area (TPSA) is 84.9 Å². The minimum Gasteiger partial charge on any atom is -0.496 e. The van der Waals surface area contributed by atoms with Crippen LogP contribution in [0.5, 0.6) is 11.5 Å². The van der Waals surface area contributed by atoms with Gasteiger partial charge >= 0.3 is 5.97 Å². The molecule has 1 atom stereocenters. The van der Waals surface area contributed by atoms with Crippen molar-refractivity contribution in [2.75, 3.05) is 33.2 Å². The third kappa shape index (κ3) is 6.82. The maximum Gasteiger partial charge on any atom is 0.327 e. The molecule has 0 amide bonds. The van der Waals surface area contributed by atoms with Crippen LogP contribution in [0.2, 0.25) is 0 Å². The fraction of sp³-hybridized carbons (Fsp3) is 0.250. The van der Waals surface area contributed by atoms with Gasteiger partial charge in [-0.15, -0.1) is 0 Å². The summed E-state index contributed by atoms with van der Waals surface area (Å²) >= 11 is 0. The van der Waals surface area contributed by atoms with Crippen LogP contribution < -0.4 is 14.4 Å². The number of hydrogen-bond acceptors (Lipinski definition) is 7. The van der Waals surface area contributed by atoms with E-state index in [2.05, 4.69) is 0 Å². The van der Waals surface area contributed by atoms with E-state index in [1.807, 2.05) is 49.3 Å². The normalized spacial score (nSPS) is 12.2. The Hall–Kier alpha value is -3.92. The SMILES string of the molecule is COc1cc(N(C)C)cc(OC)c1/C=C/C=C/C=C/C(C#N)C(=O)OCc1ccco1. The van der Waals surface area contributed by atoms with E-state index in [-0.39, 0.29) is 6.61 Å². The Morgan fingerprint density at radius 1 is 1.16 bits per heavy atom. The van der Waals surface area contributed by atoms with Crippen LogP contribution in [0.1, 0.15) is 11.3 Å². The number of nitriles is 1. The Bertz CT molecular complexity index is 957. The number of benzene rings is 1. The monoisotopic (exact) mass is 422 g/mol. The molecule has 1 aromatic heterocycles. The number of carbonyl (C=O) groups excluding carboxylic acids is 1. The van der Waals surface area contributed by atoms with Gasteiger partial charge in [0.1, 0.15) is 23.9 Å². The van der Waals surface area contributed by atoms with E-state index in [1.165, 1.54) is 12.3 Å². The molecule has 0 aliphatic rings. The predicted molar refractivity (Wildman–Crippen MR) is 119 cm³/mol. The van der Waals surface area contributed by atoms with Gasteiger partial charge in [0.15, 0.2) is 5.92 Å². The van der Waals surface area contributed by atoms with Gasteiger partial charge in [-0.05, 0) is 18.2 Å². The molecule has 2 aromatic rings. The molecular formula is C24H26N2O5. The van der Waals surface area contributed by atoms with Crippen molar-refractivity contribution in [2.45, 2.75) is 6.61 Å². The maximum absolute atomic E-state index is 12.0. The lowest BCUT2D eigenvalue weighted by Crippen LogP contribution is -2.13. The number of allylic oxidation sites excluding steroid dienone is 4. The number of esters is 1. The summed E-state index contributed by atoms with van der Waals surface area (Å²) < 4.78 is 21.1. The van der Waals surface area contributed by atoms with Crippen molar-refractivity contribution in [1.29, 1.82) is 5.26 Å². The van der Waals surface area contributed by atoms with Crippen LogP contribution in [0, 0.1) is 17.2 Å². The molecule has 0 fully saturated rings. The molecule has 0 N–H and O–H groups in total. The van der Waals surface area contributed by atoms with Gasteiger partial charge < -0.3 is 23.5 Å². The van der Waals surface area contributed by atoms with Crippen LogP contribution in [0.25, 0.3) is 6.08 Å². The van der Waals surface area contributed by atoms with Crippen LogP contribution in [0.15, 0.2) is 65.3 Å². The standard InChI is InChI=1S/C24H26N2O5/c1-26(2)19-14-22(28-3)21(23(15-19)29-4)12-8-6-5-7-10-18(16-25)24(27)31-17-20-11-9-13-30-20/h5-15,18H,17H2,1-4H3/b6-5+,10-7+,12-8+. The van der Waals surface area contributed by atoms with Gasteiger partial charge in [0.2, 0.25) is 0 Å². The van der Waals surface area contributed by atoms with E-state index in [4.69, 9.17) is 18.6 Å². The summed E-state index contributed by atoms with van der Waals surface area (Å²) in [7, 11) is 7.11. The van der Waals surface area contributed by atoms with E-state index >= 15 is 0 Å². The molecular weight excluding hydrogens is 396 g/mol. The highest BCUT2D eigenvalue weighted by molar-refractivity contribution is 5.77. The predicted octanol–water partition coefficient (Wildman–Crippen LogP) is 4.37. The quantitative estimate of drug-likeness (QED) is 0.415. The zero-order valence-electron chi connectivity index (χ0n) is 18.1. The van der Waals surface area contributed by atoms with Gasteiger partial charge in [0, 0.05) is 31.9 Å². The largest absolute Gasteiger partial charge is 0.496 e. The Kier molecular flexibility index (Phi) is 8.99. The lowest BCUT2D eigenvalue weighted by atomic mass is 10.1. The van der Waals surface area contributed by atoms with Crippen LogP contribution in [-0.2, 0) is 16.1 Å². The molecule has 1 aromatic carbocycles. The first-order valence-corrected chi connectivity index (χ1v) is 9.53. The molecule has 0 bridgehead atoms. The third-order valence-electron chi connectivity index (χ3n) is 4.27. The number of anilines is 1. The van der Waals surface area contributed by atoms with Crippen LogP contribution in [-0.4, -0.2) is 34.3 Å². The van der Waals surface area contributed by atoms with E-state index < -0.39 is 11.9 Å². The first-order valence-electron chi connectivity index (χ1n) is 9.53. The fourth-order valence-corrected chi connectivity index (χ4v) is 2.60. The van der Waals surface area contributed by atoms with E-state index in [9.17, 15) is 10.1 Å². The van der Waals surface area contributed by atoms with Crippen molar-refractivity contribution < 1.29 is 23.4 Å². The molecule has 162 valence electrons. The van der Waals surface area contributed by atoms with Gasteiger partial charge in [-0.1, -0.05) is 30.4 Å². The Morgan fingerprint density at radius 2 is 1.84 bits per heavy atom. The minimum atomic E-state index is -0.998. The van der Waals surface area contributed by atoms with Crippen molar-refractivity contribution in [3.05, 3.63) is 72.2 Å². The van der Waals surface area contributed by atoms with Gasteiger partial charge in [0.05, 0.1) is 32.1 Å². The highest BCUT2D eigenvalue weighted by atomic mass is 16.5. The van der Waals surface area contributed by atoms with Gasteiger partial charge in [0.25, 0.3) is 0 Å². The molecule has 7 heteroatoms. The number of furan rings is 1.